The summed E-state index contributed by atoms with van der Waals surface area (Å²) in [5, 5.41) is 5.46. The van der Waals surface area contributed by atoms with Gasteiger partial charge in [-0.25, -0.2) is 15.0 Å². The van der Waals surface area contributed by atoms with Gasteiger partial charge in [0.2, 0.25) is 17.7 Å². The van der Waals surface area contributed by atoms with Crippen molar-refractivity contribution in [2.45, 2.75) is 39.3 Å². The highest BCUT2D eigenvalue weighted by Gasteiger charge is 2.30. The number of imide groups is 1. The molecule has 2 aromatic carbocycles. The summed E-state index contributed by atoms with van der Waals surface area (Å²) in [6, 6.07) is 11.7. The Labute approximate surface area is 225 Å². The number of fused-ring (bicyclic) bond motifs is 2. The predicted molar refractivity (Wildman–Crippen MR) is 146 cm³/mol. The summed E-state index contributed by atoms with van der Waals surface area (Å²) >= 11 is 1.46. The number of carbonyl (C=O) groups is 3. The van der Waals surface area contributed by atoms with Crippen LogP contribution in [0.3, 0.4) is 0 Å². The molecule has 12 heteroatoms. The number of nitrogens with zero attached hydrogens (tertiary/aromatic N) is 5. The smallest absolute Gasteiger partial charge is 0.262 e. The lowest BCUT2D eigenvalue weighted by molar-refractivity contribution is -0.135. The third-order valence-corrected chi connectivity index (χ3v) is 7.73. The van der Waals surface area contributed by atoms with Gasteiger partial charge >= 0.3 is 0 Å². The first-order valence-electron chi connectivity index (χ1n) is 12.3. The molecule has 1 atom stereocenters. The average molecular weight is 542 g/mol. The zero-order valence-corrected chi connectivity index (χ0v) is 21.9. The molecule has 11 nitrogen and oxygen atoms in total. The Balaban J connectivity index is 1.35. The fourth-order valence-corrected chi connectivity index (χ4v) is 5.78. The molecule has 3 aromatic heterocycles. The highest BCUT2D eigenvalue weighted by atomic mass is 32.1. The van der Waals surface area contributed by atoms with Crippen molar-refractivity contribution in [3.8, 4) is 10.7 Å². The van der Waals surface area contributed by atoms with Gasteiger partial charge in [-0.3, -0.25) is 29.1 Å². The molecule has 196 valence electrons. The van der Waals surface area contributed by atoms with Gasteiger partial charge in [-0.05, 0) is 44.5 Å². The molecule has 0 spiro atoms. The maximum atomic E-state index is 13.5. The Morgan fingerprint density at radius 1 is 1.10 bits per heavy atom. The van der Waals surface area contributed by atoms with Crippen molar-refractivity contribution in [1.29, 1.82) is 0 Å². The molecule has 1 aliphatic rings. The van der Waals surface area contributed by atoms with E-state index in [4.69, 9.17) is 4.98 Å². The van der Waals surface area contributed by atoms with Gasteiger partial charge < -0.3 is 9.88 Å². The van der Waals surface area contributed by atoms with E-state index < -0.39 is 17.5 Å². The number of hydrogen-bond donors (Lipinski definition) is 2. The minimum absolute atomic E-state index is 0.0180. The van der Waals surface area contributed by atoms with E-state index in [1.807, 2.05) is 35.8 Å². The van der Waals surface area contributed by atoms with Crippen molar-refractivity contribution in [2.24, 2.45) is 0 Å². The van der Waals surface area contributed by atoms with Gasteiger partial charge in [0.25, 0.3) is 5.56 Å². The van der Waals surface area contributed by atoms with Crippen LogP contribution in [-0.2, 0) is 20.9 Å². The third-order valence-electron chi connectivity index (χ3n) is 6.81. The molecular formula is C27H23N7O4S. The number of aryl methyl sites for hydroxylation is 2. The van der Waals surface area contributed by atoms with Gasteiger partial charge in [0, 0.05) is 6.42 Å². The van der Waals surface area contributed by atoms with E-state index in [1.165, 1.54) is 15.9 Å². The van der Waals surface area contributed by atoms with Crippen LogP contribution in [0.25, 0.3) is 32.6 Å². The van der Waals surface area contributed by atoms with Gasteiger partial charge in [0.05, 0.1) is 38.2 Å². The fourth-order valence-electron chi connectivity index (χ4n) is 4.98. The van der Waals surface area contributed by atoms with Crippen LogP contribution in [0.4, 0.5) is 5.69 Å². The molecule has 3 amide bonds. The van der Waals surface area contributed by atoms with E-state index in [-0.39, 0.29) is 36.6 Å². The normalized spacial score (nSPS) is 15.6. The van der Waals surface area contributed by atoms with Gasteiger partial charge in [-0.15, -0.1) is 11.3 Å². The number of anilines is 1. The van der Waals surface area contributed by atoms with Gasteiger partial charge in [0.1, 0.15) is 23.9 Å². The van der Waals surface area contributed by atoms with Crippen molar-refractivity contribution >= 4 is 56.7 Å². The highest BCUT2D eigenvalue weighted by Crippen LogP contribution is 2.30. The topological polar surface area (TPSA) is 141 Å². The number of thiazole rings is 1. The SMILES string of the molecule is Cc1ncsc1-c1nc2ccccc2n1CC(=O)Nc1cccc2c(=O)n(C3CCC(=O)NC3=O)c(C)nc12. The lowest BCUT2D eigenvalue weighted by Crippen LogP contribution is -2.45. The Kier molecular flexibility index (Phi) is 6.03. The fraction of sp³-hybridized carbons (Fsp3) is 0.222. The Morgan fingerprint density at radius 2 is 1.92 bits per heavy atom. The number of para-hydroxylation sites is 3. The molecule has 1 aliphatic heterocycles. The summed E-state index contributed by atoms with van der Waals surface area (Å²) in [5.74, 6) is -0.234. The Hall–Kier alpha value is -4.71. The minimum atomic E-state index is -0.825. The predicted octanol–water partition coefficient (Wildman–Crippen LogP) is 3.10. The highest BCUT2D eigenvalue weighted by molar-refractivity contribution is 7.13. The van der Waals surface area contributed by atoms with Gasteiger partial charge in [-0.1, -0.05) is 18.2 Å². The van der Waals surface area contributed by atoms with Crippen LogP contribution in [0.5, 0.6) is 0 Å². The van der Waals surface area contributed by atoms with E-state index in [0.29, 0.717) is 22.9 Å². The summed E-state index contributed by atoms with van der Waals surface area (Å²) in [6.45, 7) is 3.52. The number of imidazole rings is 1. The number of aromatic nitrogens is 5. The summed E-state index contributed by atoms with van der Waals surface area (Å²) in [4.78, 5) is 65.4. The van der Waals surface area contributed by atoms with Crippen molar-refractivity contribution in [3.63, 3.8) is 0 Å². The first-order valence-corrected chi connectivity index (χ1v) is 13.2. The molecule has 1 fully saturated rings. The lowest BCUT2D eigenvalue weighted by atomic mass is 10.1. The van der Waals surface area contributed by atoms with Crippen LogP contribution in [0.15, 0.2) is 52.8 Å². The van der Waals surface area contributed by atoms with Crippen molar-refractivity contribution < 1.29 is 14.4 Å². The standard InChI is InChI=1S/C27H23N7O4S/c1-14-24(39-13-28-14)25-31-17-7-3-4-9-19(17)33(25)12-22(36)30-18-8-5-6-16-23(18)29-15(2)34(27(16)38)20-10-11-21(35)32-26(20)37/h3-9,13,20H,10-12H2,1-2H3,(H,30,36)(H,32,35,37). The van der Waals surface area contributed by atoms with E-state index in [1.54, 1.807) is 30.6 Å². The van der Waals surface area contributed by atoms with E-state index in [9.17, 15) is 19.2 Å². The first kappa shape index (κ1) is 24.6. The molecule has 0 aliphatic carbocycles. The van der Waals surface area contributed by atoms with E-state index in [0.717, 1.165) is 21.6 Å². The molecule has 6 rings (SSSR count). The minimum Gasteiger partial charge on any atom is -0.323 e. The second kappa shape index (κ2) is 9.55. The number of benzene rings is 2. The quantitative estimate of drug-likeness (QED) is 0.326. The molecule has 1 saturated heterocycles. The second-order valence-electron chi connectivity index (χ2n) is 9.33. The number of rotatable bonds is 5. The zero-order chi connectivity index (χ0) is 27.3. The summed E-state index contributed by atoms with van der Waals surface area (Å²) < 4.78 is 3.17. The number of hydrogen-bond acceptors (Lipinski definition) is 8. The molecule has 2 N–H and O–H groups in total. The number of amides is 3. The van der Waals surface area contributed by atoms with Crippen LogP contribution >= 0.6 is 11.3 Å². The molecule has 1 unspecified atom stereocenters. The molecule has 0 bridgehead atoms. The number of nitrogens with one attached hydrogen (secondary N) is 2. The monoisotopic (exact) mass is 541 g/mol. The summed E-state index contributed by atoms with van der Waals surface area (Å²) in [5.41, 5.74) is 4.46. The van der Waals surface area contributed by atoms with Crippen molar-refractivity contribution in [3.05, 3.63) is 69.8 Å². The van der Waals surface area contributed by atoms with Gasteiger partial charge in [0.15, 0.2) is 5.82 Å². The molecular weight excluding hydrogens is 518 g/mol. The van der Waals surface area contributed by atoms with Crippen molar-refractivity contribution in [2.75, 3.05) is 5.32 Å². The molecule has 39 heavy (non-hydrogen) atoms. The first-order chi connectivity index (χ1) is 18.8. The van der Waals surface area contributed by atoms with E-state index >= 15 is 0 Å². The van der Waals surface area contributed by atoms with Crippen molar-refractivity contribution in [1.82, 2.24) is 29.4 Å². The third kappa shape index (κ3) is 4.28. The average Bonchev–Trinajstić information content (AvgIpc) is 3.49. The zero-order valence-electron chi connectivity index (χ0n) is 21.1. The maximum Gasteiger partial charge on any atom is 0.262 e. The van der Waals surface area contributed by atoms with Crippen LogP contribution in [0.1, 0.15) is 30.4 Å². The van der Waals surface area contributed by atoms with Crippen LogP contribution in [0, 0.1) is 13.8 Å². The molecule has 5 aromatic rings. The van der Waals surface area contributed by atoms with Crippen LogP contribution in [0.2, 0.25) is 0 Å². The van der Waals surface area contributed by atoms with Crippen LogP contribution < -0.4 is 16.2 Å². The molecule has 4 heterocycles. The van der Waals surface area contributed by atoms with E-state index in [2.05, 4.69) is 20.6 Å². The molecule has 0 radical (unpaired) electrons. The lowest BCUT2D eigenvalue weighted by Gasteiger charge is -2.24. The number of carbonyl (C=O) groups excluding carboxylic acids is 3. The summed E-state index contributed by atoms with van der Waals surface area (Å²) in [6.07, 6.45) is 0.359. The van der Waals surface area contributed by atoms with Crippen LogP contribution in [-0.4, -0.2) is 41.8 Å². The van der Waals surface area contributed by atoms with Gasteiger partial charge in [-0.2, -0.15) is 0 Å². The summed E-state index contributed by atoms with van der Waals surface area (Å²) in [7, 11) is 0. The Bertz CT molecular complexity index is 1870. The Morgan fingerprint density at radius 3 is 2.69 bits per heavy atom. The largest absolute Gasteiger partial charge is 0.323 e. The second-order valence-corrected chi connectivity index (χ2v) is 10.2. The molecule has 0 saturated carbocycles. The maximum absolute atomic E-state index is 13.5. The number of piperidine rings is 1.